The van der Waals surface area contributed by atoms with E-state index in [0.717, 1.165) is 12.2 Å². The van der Waals surface area contributed by atoms with Crippen molar-refractivity contribution in [1.82, 2.24) is 9.62 Å². The van der Waals surface area contributed by atoms with Crippen molar-refractivity contribution in [1.29, 1.82) is 0 Å². The van der Waals surface area contributed by atoms with Crippen molar-refractivity contribution in [3.63, 3.8) is 0 Å². The normalized spacial score (nSPS) is 17.6. The summed E-state index contributed by atoms with van der Waals surface area (Å²) >= 11 is 0. The van der Waals surface area contributed by atoms with Crippen LogP contribution in [-0.4, -0.2) is 45.4 Å². The highest BCUT2D eigenvalue weighted by Gasteiger charge is 2.25. The summed E-state index contributed by atoms with van der Waals surface area (Å²) in [5, 5.41) is 6.30. The molecular formula is C12H19N3O2S. The third kappa shape index (κ3) is 2.82. The third-order valence-electron chi connectivity index (χ3n) is 2.95. The van der Waals surface area contributed by atoms with Crippen molar-refractivity contribution < 1.29 is 8.42 Å². The molecule has 0 radical (unpaired) electrons. The Bertz CT molecular complexity index is 479. The fourth-order valence-electron chi connectivity index (χ4n) is 1.98. The van der Waals surface area contributed by atoms with Gasteiger partial charge in [-0.3, -0.25) is 0 Å². The standard InChI is InChI=1S/C12H19N3O2S/c1-2-14-11-3-5-12(6-4-11)18(16,17)15-9-7-13-8-10-15/h3-6,13-14H,2,7-10H2,1H3. The van der Waals surface area contributed by atoms with Crippen LogP contribution in [0.1, 0.15) is 6.92 Å². The minimum absolute atomic E-state index is 0.367. The molecule has 2 N–H and O–H groups in total. The molecular weight excluding hydrogens is 250 g/mol. The molecule has 6 heteroatoms. The minimum atomic E-state index is -3.33. The molecule has 0 aromatic heterocycles. The van der Waals surface area contributed by atoms with Crippen LogP contribution in [0.4, 0.5) is 5.69 Å². The lowest BCUT2D eigenvalue weighted by molar-refractivity contribution is 0.360. The zero-order valence-corrected chi connectivity index (χ0v) is 11.3. The van der Waals surface area contributed by atoms with Gasteiger partial charge in [0.25, 0.3) is 0 Å². The van der Waals surface area contributed by atoms with Crippen molar-refractivity contribution in [2.24, 2.45) is 0 Å². The van der Waals surface area contributed by atoms with Crippen molar-refractivity contribution >= 4 is 15.7 Å². The van der Waals surface area contributed by atoms with Crippen LogP contribution in [0.25, 0.3) is 0 Å². The summed E-state index contributed by atoms with van der Waals surface area (Å²) in [5.41, 5.74) is 0.941. The summed E-state index contributed by atoms with van der Waals surface area (Å²) in [4.78, 5) is 0.367. The molecule has 1 aromatic carbocycles. The van der Waals surface area contributed by atoms with Crippen LogP contribution >= 0.6 is 0 Å². The topological polar surface area (TPSA) is 61.4 Å². The maximum absolute atomic E-state index is 12.3. The molecule has 100 valence electrons. The monoisotopic (exact) mass is 269 g/mol. The Balaban J connectivity index is 2.18. The van der Waals surface area contributed by atoms with Gasteiger partial charge < -0.3 is 10.6 Å². The number of anilines is 1. The van der Waals surface area contributed by atoms with Crippen LogP contribution < -0.4 is 10.6 Å². The predicted molar refractivity (Wildman–Crippen MR) is 72.2 cm³/mol. The lowest BCUT2D eigenvalue weighted by Crippen LogP contribution is -2.46. The first kappa shape index (κ1) is 13.3. The molecule has 0 aliphatic carbocycles. The second-order valence-electron chi connectivity index (χ2n) is 4.21. The first-order chi connectivity index (χ1) is 8.64. The lowest BCUT2D eigenvalue weighted by Gasteiger charge is -2.26. The van der Waals surface area contributed by atoms with Crippen molar-refractivity contribution in [3.8, 4) is 0 Å². The van der Waals surface area contributed by atoms with E-state index in [9.17, 15) is 8.42 Å². The van der Waals surface area contributed by atoms with Gasteiger partial charge in [0.15, 0.2) is 0 Å². The fourth-order valence-corrected chi connectivity index (χ4v) is 3.42. The van der Waals surface area contributed by atoms with Gasteiger partial charge in [-0.2, -0.15) is 4.31 Å². The van der Waals surface area contributed by atoms with E-state index < -0.39 is 10.0 Å². The molecule has 1 aromatic rings. The van der Waals surface area contributed by atoms with Gasteiger partial charge >= 0.3 is 0 Å². The van der Waals surface area contributed by atoms with Gasteiger partial charge in [-0.25, -0.2) is 8.42 Å². The van der Waals surface area contributed by atoms with Crippen molar-refractivity contribution in [2.75, 3.05) is 38.0 Å². The Morgan fingerprint density at radius 2 is 1.83 bits per heavy atom. The Morgan fingerprint density at radius 1 is 1.22 bits per heavy atom. The van der Waals surface area contributed by atoms with Crippen LogP contribution in [0.2, 0.25) is 0 Å². The number of hydrogen-bond donors (Lipinski definition) is 2. The third-order valence-corrected chi connectivity index (χ3v) is 4.86. The molecule has 2 rings (SSSR count). The van der Waals surface area contributed by atoms with E-state index >= 15 is 0 Å². The van der Waals surface area contributed by atoms with Gasteiger partial charge in [-0.15, -0.1) is 0 Å². The van der Waals surface area contributed by atoms with E-state index in [2.05, 4.69) is 10.6 Å². The molecule has 0 amide bonds. The first-order valence-corrected chi connectivity index (χ1v) is 7.63. The number of piperazine rings is 1. The van der Waals surface area contributed by atoms with E-state index in [1.54, 1.807) is 24.3 Å². The Kier molecular flexibility index (Phi) is 4.21. The highest BCUT2D eigenvalue weighted by atomic mass is 32.2. The Hall–Kier alpha value is -1.11. The van der Waals surface area contributed by atoms with Crippen LogP contribution in [0.5, 0.6) is 0 Å². The largest absolute Gasteiger partial charge is 0.385 e. The van der Waals surface area contributed by atoms with E-state index in [-0.39, 0.29) is 0 Å². The van der Waals surface area contributed by atoms with E-state index in [1.165, 1.54) is 4.31 Å². The smallest absolute Gasteiger partial charge is 0.243 e. The van der Waals surface area contributed by atoms with Crippen LogP contribution in [-0.2, 0) is 10.0 Å². The van der Waals surface area contributed by atoms with Crippen LogP contribution in [0.15, 0.2) is 29.2 Å². The maximum atomic E-state index is 12.3. The zero-order valence-electron chi connectivity index (χ0n) is 10.5. The van der Waals surface area contributed by atoms with Gasteiger partial charge in [-0.05, 0) is 31.2 Å². The summed E-state index contributed by atoms with van der Waals surface area (Å²) < 4.78 is 26.2. The molecule has 1 heterocycles. The maximum Gasteiger partial charge on any atom is 0.243 e. The molecule has 1 aliphatic rings. The summed E-state index contributed by atoms with van der Waals surface area (Å²) in [6.07, 6.45) is 0. The van der Waals surface area contributed by atoms with E-state index in [0.29, 0.717) is 31.1 Å². The molecule has 0 saturated carbocycles. The first-order valence-electron chi connectivity index (χ1n) is 6.19. The van der Waals surface area contributed by atoms with Gasteiger partial charge in [0.05, 0.1) is 4.90 Å². The summed E-state index contributed by atoms with van der Waals surface area (Å²) in [6.45, 7) is 5.34. The van der Waals surface area contributed by atoms with E-state index in [1.807, 2.05) is 6.92 Å². The molecule has 1 fully saturated rings. The molecule has 5 nitrogen and oxygen atoms in total. The summed E-state index contributed by atoms with van der Waals surface area (Å²) in [7, 11) is -3.33. The number of rotatable bonds is 4. The van der Waals surface area contributed by atoms with Crippen LogP contribution in [0.3, 0.4) is 0 Å². The van der Waals surface area contributed by atoms with Crippen LogP contribution in [0, 0.1) is 0 Å². The molecule has 1 aliphatic heterocycles. The minimum Gasteiger partial charge on any atom is -0.385 e. The van der Waals surface area contributed by atoms with Gasteiger partial charge in [0.2, 0.25) is 10.0 Å². The summed E-state index contributed by atoms with van der Waals surface area (Å²) in [6, 6.07) is 6.93. The second kappa shape index (κ2) is 5.69. The highest BCUT2D eigenvalue weighted by molar-refractivity contribution is 7.89. The van der Waals surface area contributed by atoms with Gasteiger partial charge in [0, 0.05) is 38.4 Å². The second-order valence-corrected chi connectivity index (χ2v) is 6.15. The van der Waals surface area contributed by atoms with E-state index in [4.69, 9.17) is 0 Å². The number of benzene rings is 1. The number of sulfonamides is 1. The van der Waals surface area contributed by atoms with Gasteiger partial charge in [0.1, 0.15) is 0 Å². The number of nitrogens with zero attached hydrogens (tertiary/aromatic N) is 1. The fraction of sp³-hybridized carbons (Fsp3) is 0.500. The Labute approximate surface area is 108 Å². The van der Waals surface area contributed by atoms with Gasteiger partial charge in [-0.1, -0.05) is 0 Å². The summed E-state index contributed by atoms with van der Waals surface area (Å²) in [5.74, 6) is 0. The predicted octanol–water partition coefficient (Wildman–Crippen LogP) is 0.712. The zero-order chi connectivity index (χ0) is 13.0. The molecule has 0 bridgehead atoms. The average molecular weight is 269 g/mol. The molecule has 18 heavy (non-hydrogen) atoms. The number of hydrogen-bond acceptors (Lipinski definition) is 4. The quantitative estimate of drug-likeness (QED) is 0.845. The van der Waals surface area contributed by atoms with Crippen molar-refractivity contribution in [2.45, 2.75) is 11.8 Å². The molecule has 0 spiro atoms. The Morgan fingerprint density at radius 3 is 2.39 bits per heavy atom. The molecule has 0 atom stereocenters. The highest BCUT2D eigenvalue weighted by Crippen LogP contribution is 2.18. The molecule has 0 unspecified atom stereocenters. The van der Waals surface area contributed by atoms with Crippen molar-refractivity contribution in [3.05, 3.63) is 24.3 Å². The molecule has 1 saturated heterocycles. The lowest BCUT2D eigenvalue weighted by atomic mass is 10.3. The SMILES string of the molecule is CCNc1ccc(S(=O)(=O)N2CCNCC2)cc1. The number of nitrogens with one attached hydrogen (secondary N) is 2. The average Bonchev–Trinajstić information content (AvgIpc) is 2.41.